The van der Waals surface area contributed by atoms with Crippen LogP contribution in [0.4, 0.5) is 5.95 Å². The Morgan fingerprint density at radius 2 is 2.24 bits per heavy atom. The van der Waals surface area contributed by atoms with Gasteiger partial charge in [0, 0.05) is 23.8 Å². The molecule has 2 aliphatic rings. The molecule has 150 valence electrons. The topological polar surface area (TPSA) is 121 Å². The smallest absolute Gasteiger partial charge is 0.237 e. The molecular formula is C18H18ClN7O2S. The summed E-state index contributed by atoms with van der Waals surface area (Å²) in [5.41, 5.74) is 6.26. The van der Waals surface area contributed by atoms with Crippen molar-refractivity contribution in [3.63, 3.8) is 0 Å². The molecule has 1 fully saturated rings. The van der Waals surface area contributed by atoms with E-state index in [-0.39, 0.29) is 17.7 Å². The van der Waals surface area contributed by atoms with Crippen molar-refractivity contribution in [1.82, 2.24) is 14.9 Å². The zero-order valence-corrected chi connectivity index (χ0v) is 17.6. The number of thiophene rings is 1. The van der Waals surface area contributed by atoms with Gasteiger partial charge in [0.15, 0.2) is 5.96 Å². The van der Waals surface area contributed by atoms with E-state index in [2.05, 4.69) is 16.0 Å². The summed E-state index contributed by atoms with van der Waals surface area (Å²) in [7, 11) is 3.09. The molecule has 1 saturated heterocycles. The van der Waals surface area contributed by atoms with E-state index in [1.54, 1.807) is 25.4 Å². The lowest BCUT2D eigenvalue weighted by Crippen LogP contribution is -2.54. The summed E-state index contributed by atoms with van der Waals surface area (Å²) in [6.07, 6.45) is 0. The number of nitriles is 1. The Morgan fingerprint density at radius 1 is 1.48 bits per heavy atom. The van der Waals surface area contributed by atoms with Crippen LogP contribution >= 0.6 is 22.9 Å². The van der Waals surface area contributed by atoms with Crippen LogP contribution in [0.2, 0.25) is 5.02 Å². The molecule has 0 unspecified atom stereocenters. The third kappa shape index (κ3) is 2.89. The number of hydrogen-bond acceptors (Lipinski definition) is 9. The van der Waals surface area contributed by atoms with E-state index in [0.29, 0.717) is 35.3 Å². The zero-order chi connectivity index (χ0) is 20.9. The lowest BCUT2D eigenvalue weighted by Gasteiger charge is -2.36. The number of hydrogen-bond donors (Lipinski definition) is 1. The molecule has 4 heterocycles. The number of halogens is 1. The number of carbonyl (C=O) groups is 1. The molecular weight excluding hydrogens is 414 g/mol. The summed E-state index contributed by atoms with van der Waals surface area (Å²) in [6, 6.07) is 3.90. The van der Waals surface area contributed by atoms with Gasteiger partial charge >= 0.3 is 0 Å². The molecule has 0 aromatic carbocycles. The van der Waals surface area contributed by atoms with Crippen LogP contribution < -0.4 is 15.4 Å². The van der Waals surface area contributed by atoms with Gasteiger partial charge in [0.25, 0.3) is 0 Å². The molecule has 0 saturated carbocycles. The first-order valence-corrected chi connectivity index (χ1v) is 10.0. The predicted molar refractivity (Wildman–Crippen MR) is 109 cm³/mol. The van der Waals surface area contributed by atoms with Gasteiger partial charge in [0.05, 0.1) is 30.8 Å². The van der Waals surface area contributed by atoms with E-state index >= 15 is 0 Å². The van der Waals surface area contributed by atoms with Crippen molar-refractivity contribution in [1.29, 1.82) is 5.26 Å². The second-order valence-corrected chi connectivity index (χ2v) is 8.26. The molecule has 0 radical (unpaired) electrons. The number of fused-ring (bicyclic) bond motifs is 1. The molecule has 2 aromatic rings. The normalized spacial score (nSPS) is 23.6. The van der Waals surface area contributed by atoms with Crippen LogP contribution in [0.15, 0.2) is 16.4 Å². The predicted octanol–water partition coefficient (Wildman–Crippen LogP) is 1.50. The number of methoxy groups -OCH3 is 1. The Hall–Kier alpha value is -2.90. The number of carbonyl (C=O) groups excluding carboxylic acids is 1. The number of guanidine groups is 1. The Morgan fingerprint density at radius 3 is 2.90 bits per heavy atom. The van der Waals surface area contributed by atoms with Crippen LogP contribution in [0.25, 0.3) is 0 Å². The number of aromatic nitrogens is 2. The third-order valence-electron chi connectivity index (χ3n) is 5.30. The maximum atomic E-state index is 13.1. The minimum absolute atomic E-state index is 0.135. The van der Waals surface area contributed by atoms with Gasteiger partial charge in [-0.1, -0.05) is 11.6 Å². The molecule has 0 bridgehead atoms. The zero-order valence-electron chi connectivity index (χ0n) is 16.0. The fraction of sp³-hybridized carbons (Fsp3) is 0.389. The summed E-state index contributed by atoms with van der Waals surface area (Å²) in [4.78, 5) is 30.8. The van der Waals surface area contributed by atoms with Crippen LogP contribution in [0, 0.1) is 24.2 Å². The first-order chi connectivity index (χ1) is 13.8. The Kier molecular flexibility index (Phi) is 4.59. The summed E-state index contributed by atoms with van der Waals surface area (Å²) in [6.45, 7) is 2.46. The molecule has 2 N–H and O–H groups in total. The number of nitrogens with two attached hydrogens (primary N) is 1. The van der Waals surface area contributed by atoms with Gasteiger partial charge in [0.1, 0.15) is 16.6 Å². The van der Waals surface area contributed by atoms with Gasteiger partial charge in [-0.2, -0.15) is 10.2 Å². The molecule has 1 amide bonds. The summed E-state index contributed by atoms with van der Waals surface area (Å²) >= 11 is 7.60. The van der Waals surface area contributed by atoms with Crippen LogP contribution in [0.5, 0.6) is 5.88 Å². The lowest BCUT2D eigenvalue weighted by molar-refractivity contribution is -0.132. The first kappa shape index (κ1) is 19.4. The quantitative estimate of drug-likeness (QED) is 0.781. The van der Waals surface area contributed by atoms with Gasteiger partial charge in [-0.25, -0.2) is 9.98 Å². The molecule has 0 aliphatic carbocycles. The summed E-state index contributed by atoms with van der Waals surface area (Å²) in [5.74, 6) is 0.192. The van der Waals surface area contributed by atoms with Crippen molar-refractivity contribution in [2.24, 2.45) is 16.6 Å². The largest absolute Gasteiger partial charge is 0.480 e. The SMILES string of the molecule is COc1nc(N2C[C@H]3C(=O)N(C)C(N)=N[C@@]3(c3cc(C#N)cs3)C2)nc(C)c1Cl. The van der Waals surface area contributed by atoms with E-state index in [0.717, 1.165) is 4.88 Å². The van der Waals surface area contributed by atoms with Crippen molar-refractivity contribution in [3.8, 4) is 11.9 Å². The number of amides is 1. The van der Waals surface area contributed by atoms with Gasteiger partial charge in [-0.15, -0.1) is 11.3 Å². The number of aryl methyl sites for hydroxylation is 1. The molecule has 2 atom stereocenters. The van der Waals surface area contributed by atoms with E-state index in [9.17, 15) is 10.1 Å². The average Bonchev–Trinajstić information content (AvgIpc) is 3.34. The highest BCUT2D eigenvalue weighted by atomic mass is 35.5. The molecule has 2 aromatic heterocycles. The van der Waals surface area contributed by atoms with Crippen LogP contribution in [0.3, 0.4) is 0 Å². The molecule has 29 heavy (non-hydrogen) atoms. The van der Waals surface area contributed by atoms with Gasteiger partial charge in [-0.3, -0.25) is 9.69 Å². The Labute approximate surface area is 176 Å². The van der Waals surface area contributed by atoms with Crippen LogP contribution in [-0.4, -0.2) is 54.0 Å². The summed E-state index contributed by atoms with van der Waals surface area (Å²) < 4.78 is 5.26. The second kappa shape index (κ2) is 6.86. The number of ether oxygens (including phenoxy) is 1. The fourth-order valence-electron chi connectivity index (χ4n) is 3.73. The third-order valence-corrected chi connectivity index (χ3v) is 6.84. The minimum atomic E-state index is -0.905. The molecule has 11 heteroatoms. The van der Waals surface area contributed by atoms with Crippen LogP contribution in [0.1, 0.15) is 16.1 Å². The van der Waals surface area contributed by atoms with Crippen LogP contribution in [-0.2, 0) is 10.3 Å². The number of rotatable bonds is 3. The Balaban J connectivity index is 1.83. The van der Waals surface area contributed by atoms with E-state index in [1.165, 1.54) is 23.3 Å². The maximum Gasteiger partial charge on any atom is 0.237 e. The fourth-order valence-corrected chi connectivity index (χ4v) is 4.92. The number of anilines is 1. The van der Waals surface area contributed by atoms with E-state index in [1.807, 2.05) is 4.90 Å². The Bertz CT molecular complexity index is 1080. The molecule has 0 spiro atoms. The molecule has 9 nitrogen and oxygen atoms in total. The van der Waals surface area contributed by atoms with Crippen molar-refractivity contribution < 1.29 is 9.53 Å². The highest BCUT2D eigenvalue weighted by Crippen LogP contribution is 2.47. The maximum absolute atomic E-state index is 13.1. The van der Waals surface area contributed by atoms with Crippen molar-refractivity contribution >= 4 is 40.8 Å². The number of nitrogens with zero attached hydrogens (tertiary/aromatic N) is 6. The monoisotopic (exact) mass is 431 g/mol. The highest BCUT2D eigenvalue weighted by Gasteiger charge is 2.56. The van der Waals surface area contributed by atoms with Crippen molar-refractivity contribution in [2.75, 3.05) is 32.1 Å². The lowest BCUT2D eigenvalue weighted by atomic mass is 9.83. The molecule has 2 aliphatic heterocycles. The minimum Gasteiger partial charge on any atom is -0.480 e. The first-order valence-electron chi connectivity index (χ1n) is 8.75. The van der Waals surface area contributed by atoms with Gasteiger partial charge in [0.2, 0.25) is 17.7 Å². The van der Waals surface area contributed by atoms with Crippen molar-refractivity contribution in [3.05, 3.63) is 32.6 Å². The van der Waals surface area contributed by atoms with Gasteiger partial charge in [-0.05, 0) is 13.0 Å². The second-order valence-electron chi connectivity index (χ2n) is 6.97. The van der Waals surface area contributed by atoms with E-state index < -0.39 is 11.5 Å². The van der Waals surface area contributed by atoms with Crippen molar-refractivity contribution in [2.45, 2.75) is 12.5 Å². The highest BCUT2D eigenvalue weighted by molar-refractivity contribution is 7.10. The summed E-state index contributed by atoms with van der Waals surface area (Å²) in [5, 5.41) is 11.3. The van der Waals surface area contributed by atoms with E-state index in [4.69, 9.17) is 27.1 Å². The standard InChI is InChI=1S/C18H18ClN7O2S/c1-9-13(19)14(28-3)23-17(22-9)26-6-11-15(27)25(2)16(21)24-18(11,8-26)12-4-10(5-20)7-29-12/h4,7,11H,6,8H2,1-3H3,(H2,21,24)/t11-,18-/m0/s1. The van der Waals surface area contributed by atoms with Gasteiger partial charge < -0.3 is 15.4 Å². The number of aliphatic imine (C=N–C) groups is 1. The average molecular weight is 432 g/mol. The molecule has 4 rings (SSSR count).